The quantitative estimate of drug-likeness (QED) is 0.689. The van der Waals surface area contributed by atoms with E-state index < -0.39 is 16.8 Å². The molecule has 164 valence electrons. The molecule has 2 N–H and O–H groups in total. The van der Waals surface area contributed by atoms with E-state index in [-0.39, 0.29) is 29.0 Å². The SMILES string of the molecule is CC(C)C[C@H](NC(=O)[C@H]1N2C(=O)c3ccccc3C2SC1(C)C)C(=O)Nc1nccs1. The minimum Gasteiger partial charge on any atom is -0.342 e. The summed E-state index contributed by atoms with van der Waals surface area (Å²) in [5.41, 5.74) is 1.59. The summed E-state index contributed by atoms with van der Waals surface area (Å²) < 4.78 is -0.494. The number of carbonyl (C=O) groups excluding carboxylic acids is 3. The van der Waals surface area contributed by atoms with Crippen LogP contribution in [0.2, 0.25) is 0 Å². The highest BCUT2D eigenvalue weighted by molar-refractivity contribution is 8.01. The van der Waals surface area contributed by atoms with Crippen molar-refractivity contribution in [1.29, 1.82) is 0 Å². The van der Waals surface area contributed by atoms with Gasteiger partial charge in [0.1, 0.15) is 17.5 Å². The molecule has 1 fully saturated rings. The van der Waals surface area contributed by atoms with Gasteiger partial charge in [0.05, 0.1) is 0 Å². The van der Waals surface area contributed by atoms with Crippen LogP contribution in [0.5, 0.6) is 0 Å². The molecule has 1 aromatic carbocycles. The van der Waals surface area contributed by atoms with E-state index >= 15 is 0 Å². The fraction of sp³-hybridized carbons (Fsp3) is 0.455. The van der Waals surface area contributed by atoms with E-state index in [1.54, 1.807) is 28.2 Å². The smallest absolute Gasteiger partial charge is 0.256 e. The number of anilines is 1. The summed E-state index contributed by atoms with van der Waals surface area (Å²) in [7, 11) is 0. The van der Waals surface area contributed by atoms with Crippen molar-refractivity contribution in [2.24, 2.45) is 5.92 Å². The van der Waals surface area contributed by atoms with Crippen LogP contribution in [-0.2, 0) is 9.59 Å². The van der Waals surface area contributed by atoms with Crippen molar-refractivity contribution in [2.45, 2.75) is 56.3 Å². The van der Waals surface area contributed by atoms with Crippen LogP contribution in [0, 0.1) is 5.92 Å². The first-order valence-electron chi connectivity index (χ1n) is 10.3. The molecular weight excluding hydrogens is 432 g/mol. The Morgan fingerprint density at radius 3 is 2.68 bits per heavy atom. The summed E-state index contributed by atoms with van der Waals surface area (Å²) >= 11 is 2.94. The number of carbonyl (C=O) groups is 3. The Morgan fingerprint density at radius 1 is 1.26 bits per heavy atom. The second kappa shape index (κ2) is 8.27. The standard InChI is InChI=1S/C22H26N4O3S2/c1-12(2)11-15(17(27)25-21-23-9-10-30-21)24-18(28)16-22(3,4)31-20-14-8-6-5-7-13(14)19(29)26(16)20/h5-10,12,15-16,20H,11H2,1-4H3,(H,24,28)(H,23,25,27)/t15-,16+,20?/m0/s1. The lowest BCUT2D eigenvalue weighted by Crippen LogP contribution is -2.56. The minimum absolute atomic E-state index is 0.133. The zero-order chi connectivity index (χ0) is 22.3. The van der Waals surface area contributed by atoms with E-state index in [0.717, 1.165) is 5.56 Å². The van der Waals surface area contributed by atoms with Crippen LogP contribution in [0.25, 0.3) is 0 Å². The van der Waals surface area contributed by atoms with Crippen LogP contribution < -0.4 is 10.6 Å². The first-order valence-corrected chi connectivity index (χ1v) is 12.0. The van der Waals surface area contributed by atoms with Crippen molar-refractivity contribution in [1.82, 2.24) is 15.2 Å². The van der Waals surface area contributed by atoms with Crippen LogP contribution >= 0.6 is 23.1 Å². The number of rotatable bonds is 6. The lowest BCUT2D eigenvalue weighted by Gasteiger charge is -2.31. The molecule has 1 aromatic heterocycles. The Balaban J connectivity index is 1.56. The van der Waals surface area contributed by atoms with Crippen molar-refractivity contribution < 1.29 is 14.4 Å². The number of nitrogens with zero attached hydrogens (tertiary/aromatic N) is 2. The molecule has 9 heteroatoms. The Labute approximate surface area is 190 Å². The molecule has 0 radical (unpaired) electrons. The molecule has 0 bridgehead atoms. The molecule has 3 atom stereocenters. The van der Waals surface area contributed by atoms with Gasteiger partial charge in [-0.15, -0.1) is 23.1 Å². The summed E-state index contributed by atoms with van der Waals surface area (Å²) in [6.07, 6.45) is 2.10. The highest BCUT2D eigenvalue weighted by Crippen LogP contribution is 2.56. The van der Waals surface area contributed by atoms with Crippen LogP contribution in [-0.4, -0.2) is 44.4 Å². The normalized spacial score (nSPS) is 22.2. The third-order valence-electron chi connectivity index (χ3n) is 5.55. The highest BCUT2D eigenvalue weighted by Gasteiger charge is 2.57. The topological polar surface area (TPSA) is 91.4 Å². The minimum atomic E-state index is -0.712. The Kier molecular flexibility index (Phi) is 5.83. The van der Waals surface area contributed by atoms with E-state index in [4.69, 9.17) is 0 Å². The Hall–Kier alpha value is -2.39. The van der Waals surface area contributed by atoms with Crippen molar-refractivity contribution in [3.8, 4) is 0 Å². The van der Waals surface area contributed by atoms with Crippen LogP contribution in [0.15, 0.2) is 35.8 Å². The van der Waals surface area contributed by atoms with Gasteiger partial charge in [0.2, 0.25) is 11.8 Å². The lowest BCUT2D eigenvalue weighted by molar-refractivity contribution is -0.130. The third-order valence-corrected chi connectivity index (χ3v) is 7.77. The van der Waals surface area contributed by atoms with E-state index in [1.165, 1.54) is 11.3 Å². The molecule has 0 spiro atoms. The number of thioether (sulfide) groups is 1. The number of hydrogen-bond donors (Lipinski definition) is 2. The van der Waals surface area contributed by atoms with E-state index in [1.807, 2.05) is 52.0 Å². The maximum Gasteiger partial charge on any atom is 0.256 e. The van der Waals surface area contributed by atoms with E-state index in [9.17, 15) is 14.4 Å². The molecule has 1 unspecified atom stereocenters. The molecule has 2 aromatic rings. The molecule has 2 aliphatic heterocycles. The molecule has 7 nitrogen and oxygen atoms in total. The van der Waals surface area contributed by atoms with Gasteiger partial charge in [-0.05, 0) is 37.8 Å². The molecule has 3 heterocycles. The zero-order valence-electron chi connectivity index (χ0n) is 17.9. The number of benzene rings is 1. The van der Waals surface area contributed by atoms with Gasteiger partial charge in [-0.1, -0.05) is 32.0 Å². The first kappa shape index (κ1) is 21.8. The average Bonchev–Trinajstić information content (AvgIpc) is 3.37. The molecule has 2 aliphatic rings. The maximum absolute atomic E-state index is 13.5. The van der Waals surface area contributed by atoms with E-state index in [0.29, 0.717) is 17.1 Å². The van der Waals surface area contributed by atoms with Gasteiger partial charge in [-0.3, -0.25) is 14.4 Å². The lowest BCUT2D eigenvalue weighted by atomic mass is 9.98. The van der Waals surface area contributed by atoms with Crippen LogP contribution in [0.1, 0.15) is 55.4 Å². The van der Waals surface area contributed by atoms with E-state index in [2.05, 4.69) is 15.6 Å². The molecule has 1 saturated heterocycles. The number of thiazole rings is 1. The molecule has 3 amide bonds. The van der Waals surface area contributed by atoms with Gasteiger partial charge in [-0.25, -0.2) is 4.98 Å². The molecule has 0 saturated carbocycles. The number of aromatic nitrogens is 1. The van der Waals surface area contributed by atoms with Crippen LogP contribution in [0.4, 0.5) is 5.13 Å². The number of nitrogens with one attached hydrogen (secondary N) is 2. The fourth-order valence-electron chi connectivity index (χ4n) is 4.24. The number of fused-ring (bicyclic) bond motifs is 3. The Bertz CT molecular complexity index is 1010. The van der Waals surface area contributed by atoms with Crippen molar-refractivity contribution in [3.63, 3.8) is 0 Å². The third kappa shape index (κ3) is 4.08. The van der Waals surface area contributed by atoms with Gasteiger partial charge in [0.25, 0.3) is 5.91 Å². The summed E-state index contributed by atoms with van der Waals surface area (Å²) in [5, 5.41) is 7.80. The predicted octanol–water partition coefficient (Wildman–Crippen LogP) is 3.66. The van der Waals surface area contributed by atoms with Gasteiger partial charge in [0.15, 0.2) is 5.13 Å². The zero-order valence-corrected chi connectivity index (χ0v) is 19.5. The summed E-state index contributed by atoms with van der Waals surface area (Å²) in [6, 6.07) is 6.12. The fourth-order valence-corrected chi connectivity index (χ4v) is 6.36. The predicted molar refractivity (Wildman–Crippen MR) is 123 cm³/mol. The van der Waals surface area contributed by atoms with Crippen LogP contribution in [0.3, 0.4) is 0 Å². The first-order chi connectivity index (χ1) is 14.7. The number of amides is 3. The summed E-state index contributed by atoms with van der Waals surface area (Å²) in [6.45, 7) is 7.95. The maximum atomic E-state index is 13.5. The monoisotopic (exact) mass is 458 g/mol. The van der Waals surface area contributed by atoms with Crippen molar-refractivity contribution >= 4 is 46.0 Å². The Morgan fingerprint density at radius 2 is 2.00 bits per heavy atom. The van der Waals surface area contributed by atoms with Crippen molar-refractivity contribution in [3.05, 3.63) is 47.0 Å². The number of hydrogen-bond acceptors (Lipinski definition) is 6. The van der Waals surface area contributed by atoms with Gasteiger partial charge in [0, 0.05) is 21.9 Å². The largest absolute Gasteiger partial charge is 0.342 e. The van der Waals surface area contributed by atoms with Gasteiger partial charge < -0.3 is 15.5 Å². The van der Waals surface area contributed by atoms with Gasteiger partial charge >= 0.3 is 0 Å². The molecule has 31 heavy (non-hydrogen) atoms. The summed E-state index contributed by atoms with van der Waals surface area (Å²) in [5.74, 6) is -0.538. The van der Waals surface area contributed by atoms with Crippen molar-refractivity contribution in [2.75, 3.05) is 5.32 Å². The second-order valence-electron chi connectivity index (χ2n) is 8.79. The molecule has 4 rings (SSSR count). The average molecular weight is 459 g/mol. The van der Waals surface area contributed by atoms with Gasteiger partial charge in [-0.2, -0.15) is 0 Å². The highest BCUT2D eigenvalue weighted by atomic mass is 32.2. The second-order valence-corrected chi connectivity index (χ2v) is 11.4. The molecular formula is C22H26N4O3S2. The summed E-state index contributed by atoms with van der Waals surface area (Å²) in [4.78, 5) is 45.3. The molecule has 0 aliphatic carbocycles.